The average Bonchev–Trinajstić information content (AvgIpc) is 2.45. The van der Waals surface area contributed by atoms with E-state index >= 15 is 0 Å². The maximum Gasteiger partial charge on any atom is 0.189 e. The minimum Gasteiger partial charge on any atom is -0.497 e. The average molecular weight is 279 g/mol. The van der Waals surface area contributed by atoms with Crippen LogP contribution in [0, 0.1) is 5.82 Å². The fourth-order valence-corrected chi connectivity index (χ4v) is 2.51. The van der Waals surface area contributed by atoms with Crippen molar-refractivity contribution in [1.82, 2.24) is 5.32 Å². The van der Waals surface area contributed by atoms with Crippen LogP contribution in [-0.2, 0) is 6.54 Å². The molecule has 0 bridgehead atoms. The topological polar surface area (TPSA) is 59.6 Å². The van der Waals surface area contributed by atoms with E-state index in [1.54, 1.807) is 6.07 Å². The maximum atomic E-state index is 13.3. The number of halogens is 1. The first kappa shape index (κ1) is 14.6. The fraction of sp³-hybridized carbons (Fsp3) is 0.533. The third kappa shape index (κ3) is 4.40. The summed E-state index contributed by atoms with van der Waals surface area (Å²) in [4.78, 5) is 4.27. The molecule has 3 N–H and O–H groups in total. The summed E-state index contributed by atoms with van der Waals surface area (Å²) in [5.74, 6) is 0.600. The molecule has 2 rings (SSSR count). The number of nitrogens with two attached hydrogens (primary N) is 1. The van der Waals surface area contributed by atoms with Crippen LogP contribution in [0.15, 0.2) is 23.2 Å². The highest BCUT2D eigenvalue weighted by molar-refractivity contribution is 5.78. The molecule has 4 nitrogen and oxygen atoms in total. The number of nitrogens with one attached hydrogen (secondary N) is 1. The number of guanidine groups is 1. The van der Waals surface area contributed by atoms with Gasteiger partial charge in [-0.3, -0.25) is 0 Å². The Morgan fingerprint density at radius 3 is 2.80 bits per heavy atom. The van der Waals surface area contributed by atoms with E-state index in [2.05, 4.69) is 10.3 Å². The van der Waals surface area contributed by atoms with E-state index in [0.29, 0.717) is 24.3 Å². The number of rotatable bonds is 4. The lowest BCUT2D eigenvalue weighted by atomic mass is 9.96. The van der Waals surface area contributed by atoms with Gasteiger partial charge in [-0.1, -0.05) is 19.3 Å². The molecule has 0 amide bonds. The summed E-state index contributed by atoms with van der Waals surface area (Å²) in [6.45, 7) is 0.347. The van der Waals surface area contributed by atoms with E-state index in [0.717, 1.165) is 18.4 Å². The van der Waals surface area contributed by atoms with Crippen molar-refractivity contribution in [3.63, 3.8) is 0 Å². The van der Waals surface area contributed by atoms with E-state index < -0.39 is 0 Å². The normalized spacial score (nSPS) is 17.0. The zero-order chi connectivity index (χ0) is 14.4. The van der Waals surface area contributed by atoms with E-state index in [4.69, 9.17) is 10.5 Å². The number of hydrogen-bond donors (Lipinski definition) is 2. The first-order valence-corrected chi connectivity index (χ1v) is 7.07. The minimum absolute atomic E-state index is 0.326. The molecular formula is C15H22FN3O. The zero-order valence-electron chi connectivity index (χ0n) is 11.9. The molecule has 0 aliphatic heterocycles. The molecule has 0 spiro atoms. The summed E-state index contributed by atoms with van der Waals surface area (Å²) < 4.78 is 18.4. The molecule has 0 aromatic heterocycles. The van der Waals surface area contributed by atoms with Crippen molar-refractivity contribution in [2.24, 2.45) is 10.7 Å². The van der Waals surface area contributed by atoms with Crippen LogP contribution < -0.4 is 15.8 Å². The van der Waals surface area contributed by atoms with Gasteiger partial charge in [-0.15, -0.1) is 0 Å². The number of benzene rings is 1. The van der Waals surface area contributed by atoms with E-state index in [1.165, 1.54) is 38.5 Å². The lowest BCUT2D eigenvalue weighted by Gasteiger charge is -2.23. The predicted octanol–water partition coefficient (Wildman–Crippen LogP) is 2.57. The molecule has 1 fully saturated rings. The van der Waals surface area contributed by atoms with Crippen molar-refractivity contribution in [2.75, 3.05) is 7.11 Å². The van der Waals surface area contributed by atoms with Crippen LogP contribution in [-0.4, -0.2) is 19.1 Å². The van der Waals surface area contributed by atoms with Crippen LogP contribution in [0.4, 0.5) is 4.39 Å². The summed E-state index contributed by atoms with van der Waals surface area (Å²) in [7, 11) is 1.51. The van der Waals surface area contributed by atoms with Gasteiger partial charge < -0.3 is 15.8 Å². The Hall–Kier alpha value is -1.78. The van der Waals surface area contributed by atoms with Crippen molar-refractivity contribution in [2.45, 2.75) is 44.7 Å². The Bertz CT molecular complexity index is 470. The molecule has 5 heteroatoms. The summed E-state index contributed by atoms with van der Waals surface area (Å²) in [5.41, 5.74) is 6.62. The second kappa shape index (κ2) is 7.12. The number of ether oxygens (including phenoxy) is 1. The van der Waals surface area contributed by atoms with Gasteiger partial charge >= 0.3 is 0 Å². The maximum absolute atomic E-state index is 13.3. The molecule has 0 radical (unpaired) electrons. The first-order valence-electron chi connectivity index (χ1n) is 7.07. The van der Waals surface area contributed by atoms with Gasteiger partial charge in [0.15, 0.2) is 5.96 Å². The number of methoxy groups -OCH3 is 1. The number of hydrogen-bond acceptors (Lipinski definition) is 2. The first-order chi connectivity index (χ1) is 9.67. The fourth-order valence-electron chi connectivity index (χ4n) is 2.51. The molecule has 1 saturated carbocycles. The van der Waals surface area contributed by atoms with Gasteiger partial charge in [0.25, 0.3) is 0 Å². The van der Waals surface area contributed by atoms with Crippen LogP contribution in [0.2, 0.25) is 0 Å². The molecular weight excluding hydrogens is 257 g/mol. The third-order valence-corrected chi connectivity index (χ3v) is 3.56. The molecule has 110 valence electrons. The SMILES string of the molecule is COc1cc(F)cc(CN=C(N)NC2CCCCC2)c1. The summed E-state index contributed by atoms with van der Waals surface area (Å²) in [5, 5.41) is 3.24. The van der Waals surface area contributed by atoms with Crippen LogP contribution in [0.1, 0.15) is 37.7 Å². The smallest absolute Gasteiger partial charge is 0.189 e. The van der Waals surface area contributed by atoms with Crippen molar-refractivity contribution in [3.8, 4) is 5.75 Å². The second-order valence-electron chi connectivity index (χ2n) is 5.18. The lowest BCUT2D eigenvalue weighted by Crippen LogP contribution is -2.41. The summed E-state index contributed by atoms with van der Waals surface area (Å²) in [6.07, 6.45) is 6.07. The molecule has 1 aliphatic rings. The highest BCUT2D eigenvalue weighted by Crippen LogP contribution is 2.18. The van der Waals surface area contributed by atoms with Gasteiger partial charge in [0.2, 0.25) is 0 Å². The minimum atomic E-state index is -0.326. The molecule has 0 saturated heterocycles. The van der Waals surface area contributed by atoms with Crippen LogP contribution in [0.5, 0.6) is 5.75 Å². The lowest BCUT2D eigenvalue weighted by molar-refractivity contribution is 0.410. The Morgan fingerprint density at radius 2 is 2.10 bits per heavy atom. The molecule has 1 aliphatic carbocycles. The van der Waals surface area contributed by atoms with Crippen LogP contribution in [0.3, 0.4) is 0 Å². The van der Waals surface area contributed by atoms with E-state index in [1.807, 2.05) is 0 Å². The number of aliphatic imine (C=N–C) groups is 1. The molecule has 1 aromatic carbocycles. The molecule has 0 heterocycles. The van der Waals surface area contributed by atoms with Gasteiger partial charge in [-0.05, 0) is 30.5 Å². The molecule has 0 atom stereocenters. The van der Waals surface area contributed by atoms with Gasteiger partial charge in [0, 0.05) is 12.1 Å². The van der Waals surface area contributed by atoms with Gasteiger partial charge in [-0.25, -0.2) is 9.38 Å². The van der Waals surface area contributed by atoms with Gasteiger partial charge in [0.05, 0.1) is 13.7 Å². The van der Waals surface area contributed by atoms with Gasteiger partial charge in [-0.2, -0.15) is 0 Å². The summed E-state index contributed by atoms with van der Waals surface area (Å²) >= 11 is 0. The standard InChI is InChI=1S/C15H22FN3O/c1-20-14-8-11(7-12(16)9-14)10-18-15(17)19-13-5-3-2-4-6-13/h7-9,13H,2-6,10H2,1H3,(H3,17,18,19). The molecule has 1 aromatic rings. The quantitative estimate of drug-likeness (QED) is 0.658. The monoisotopic (exact) mass is 279 g/mol. The largest absolute Gasteiger partial charge is 0.497 e. The van der Waals surface area contributed by atoms with Crippen molar-refractivity contribution >= 4 is 5.96 Å². The van der Waals surface area contributed by atoms with Crippen molar-refractivity contribution in [3.05, 3.63) is 29.6 Å². The predicted molar refractivity (Wildman–Crippen MR) is 78.3 cm³/mol. The molecule has 20 heavy (non-hydrogen) atoms. The Balaban J connectivity index is 1.92. The number of nitrogens with zero attached hydrogens (tertiary/aromatic N) is 1. The zero-order valence-corrected chi connectivity index (χ0v) is 11.9. The van der Waals surface area contributed by atoms with Crippen LogP contribution in [0.25, 0.3) is 0 Å². The van der Waals surface area contributed by atoms with E-state index in [9.17, 15) is 4.39 Å². The summed E-state index contributed by atoms with van der Waals surface area (Å²) in [6, 6.07) is 4.98. The van der Waals surface area contributed by atoms with Crippen molar-refractivity contribution < 1.29 is 9.13 Å². The van der Waals surface area contributed by atoms with E-state index in [-0.39, 0.29) is 5.82 Å². The third-order valence-electron chi connectivity index (χ3n) is 3.56. The highest BCUT2D eigenvalue weighted by Gasteiger charge is 2.13. The second-order valence-corrected chi connectivity index (χ2v) is 5.18. The Kier molecular flexibility index (Phi) is 5.21. The van der Waals surface area contributed by atoms with Crippen LogP contribution >= 0.6 is 0 Å². The van der Waals surface area contributed by atoms with Crippen molar-refractivity contribution in [1.29, 1.82) is 0 Å². The Morgan fingerprint density at radius 1 is 1.35 bits per heavy atom. The molecule has 0 unspecified atom stereocenters. The Labute approximate surface area is 119 Å². The highest BCUT2D eigenvalue weighted by atomic mass is 19.1. The van der Waals surface area contributed by atoms with Gasteiger partial charge in [0.1, 0.15) is 11.6 Å².